The van der Waals surface area contributed by atoms with Gasteiger partial charge in [0.2, 0.25) is 5.67 Å². The fourth-order valence-corrected chi connectivity index (χ4v) is 4.67. The molecule has 11 heteroatoms. The third kappa shape index (κ3) is 3.13. The lowest BCUT2D eigenvalue weighted by Crippen LogP contribution is -2.65. The third-order valence-electron chi connectivity index (χ3n) is 7.00. The molecule has 0 saturated carbocycles. The van der Waals surface area contributed by atoms with Gasteiger partial charge in [0.25, 0.3) is 0 Å². The average Bonchev–Trinajstić information content (AvgIpc) is 3.20. The molecule has 2 unspecified atom stereocenters. The van der Waals surface area contributed by atoms with Crippen molar-refractivity contribution in [1.29, 1.82) is 0 Å². The number of piperazine rings is 1. The Kier molecular flexibility index (Phi) is 4.71. The number of nitrogens with one attached hydrogen (secondary N) is 1. The molecule has 0 aliphatic carbocycles. The largest absolute Gasteiger partial charge is 0.384 e. The number of likely N-dealkylation sites (N-methyl/N-ethyl adjacent to an activating group) is 1. The number of carbonyl (C=O) groups excluding carboxylic acids is 1. The van der Waals surface area contributed by atoms with Crippen molar-refractivity contribution >= 4 is 18.1 Å². The van der Waals surface area contributed by atoms with Gasteiger partial charge in [-0.05, 0) is 41.7 Å². The predicted molar refractivity (Wildman–Crippen MR) is 116 cm³/mol. The fraction of sp³-hybridized carbons (Fsp3) is 0.700. The molecule has 3 aliphatic heterocycles. The minimum Gasteiger partial charge on any atom is -0.384 e. The molecular formula is C20H32FN9O. The zero-order valence-corrected chi connectivity index (χ0v) is 19.0. The number of aromatic nitrogens is 2. The third-order valence-corrected chi connectivity index (χ3v) is 7.00. The number of halogens is 1. The van der Waals surface area contributed by atoms with E-state index in [0.29, 0.717) is 17.8 Å². The Morgan fingerprint density at radius 3 is 2.65 bits per heavy atom. The van der Waals surface area contributed by atoms with Gasteiger partial charge >= 0.3 is 6.03 Å². The lowest BCUT2D eigenvalue weighted by Gasteiger charge is -2.50. The Balaban J connectivity index is 1.66. The van der Waals surface area contributed by atoms with Crippen LogP contribution in [-0.2, 0) is 17.8 Å². The van der Waals surface area contributed by atoms with Crippen LogP contribution in [0.3, 0.4) is 0 Å². The van der Waals surface area contributed by atoms with Gasteiger partial charge in [-0.3, -0.25) is 20.7 Å². The maximum Gasteiger partial charge on any atom is 0.321 e. The SMILES string of the molecule is C[C@H]1CN(C)C(C)(C)CN1C(=O)N1Cc2c(C3(F)C=NC(N)N=C3N)n[nH]c2C1(C)C. The summed E-state index contributed by atoms with van der Waals surface area (Å²) in [6.07, 6.45) is 0.131. The van der Waals surface area contributed by atoms with E-state index in [1.54, 1.807) is 4.90 Å². The van der Waals surface area contributed by atoms with Crippen molar-refractivity contribution < 1.29 is 9.18 Å². The summed E-state index contributed by atoms with van der Waals surface area (Å²) >= 11 is 0. The highest BCUT2D eigenvalue weighted by atomic mass is 19.1. The molecule has 1 fully saturated rings. The van der Waals surface area contributed by atoms with Gasteiger partial charge in [0, 0.05) is 30.2 Å². The Hall–Kier alpha value is -2.53. The number of urea groups is 1. The summed E-state index contributed by atoms with van der Waals surface area (Å²) in [5.74, 6) is -0.290. The molecule has 4 heterocycles. The van der Waals surface area contributed by atoms with E-state index in [1.165, 1.54) is 0 Å². The van der Waals surface area contributed by atoms with Crippen molar-refractivity contribution in [3.63, 3.8) is 0 Å². The van der Waals surface area contributed by atoms with Gasteiger partial charge < -0.3 is 15.5 Å². The van der Waals surface area contributed by atoms with E-state index in [-0.39, 0.29) is 35.7 Å². The average molecular weight is 434 g/mol. The Bertz CT molecular complexity index is 968. The van der Waals surface area contributed by atoms with Crippen LogP contribution in [-0.4, -0.2) is 81.0 Å². The Labute approximate surface area is 181 Å². The van der Waals surface area contributed by atoms with Crippen molar-refractivity contribution in [2.45, 2.75) is 70.2 Å². The maximum atomic E-state index is 15.8. The molecule has 0 spiro atoms. The molecule has 1 saturated heterocycles. The quantitative estimate of drug-likeness (QED) is 0.604. The molecule has 0 aromatic carbocycles. The number of amides is 2. The molecule has 3 aliphatic rings. The summed E-state index contributed by atoms with van der Waals surface area (Å²) < 4.78 is 15.8. The molecule has 31 heavy (non-hydrogen) atoms. The van der Waals surface area contributed by atoms with Gasteiger partial charge in [0.1, 0.15) is 11.5 Å². The number of hydrogen-bond donors (Lipinski definition) is 3. The van der Waals surface area contributed by atoms with Gasteiger partial charge in [-0.2, -0.15) is 5.10 Å². The first-order chi connectivity index (χ1) is 14.3. The summed E-state index contributed by atoms with van der Waals surface area (Å²) in [5, 5.41) is 7.15. The molecule has 2 amide bonds. The standard InChI is InChI=1S/C20H32FN9O/c1-11-7-28(6)18(2,3)10-29(11)17(31)30-8-12-13(19(30,4)5)26-27-14(12)20(21)9-24-16(23)25-15(20)22/h9,11,16H,7-8,10,23H2,1-6H3,(H2,22,25)(H,26,27)/t11-,16?,20?/m0/s1. The molecule has 5 N–H and O–H groups in total. The summed E-state index contributed by atoms with van der Waals surface area (Å²) in [4.78, 5) is 27.4. The first-order valence-electron chi connectivity index (χ1n) is 10.5. The molecule has 10 nitrogen and oxygen atoms in total. The van der Waals surface area contributed by atoms with E-state index in [2.05, 4.69) is 52.9 Å². The van der Waals surface area contributed by atoms with Crippen LogP contribution in [0.2, 0.25) is 0 Å². The van der Waals surface area contributed by atoms with Crippen LogP contribution in [0.1, 0.15) is 51.6 Å². The monoisotopic (exact) mass is 433 g/mol. The normalized spacial score (nSPS) is 32.2. The summed E-state index contributed by atoms with van der Waals surface area (Å²) in [7, 11) is 2.07. The van der Waals surface area contributed by atoms with Crippen LogP contribution < -0.4 is 11.5 Å². The van der Waals surface area contributed by atoms with Crippen LogP contribution in [0.25, 0.3) is 0 Å². The second-order valence-corrected chi connectivity index (χ2v) is 9.94. The van der Waals surface area contributed by atoms with Crippen LogP contribution >= 0.6 is 0 Å². The zero-order chi connectivity index (χ0) is 22.9. The van der Waals surface area contributed by atoms with Crippen molar-refractivity contribution in [2.24, 2.45) is 21.5 Å². The van der Waals surface area contributed by atoms with Crippen molar-refractivity contribution in [1.82, 2.24) is 24.9 Å². The number of aliphatic imine (C=N–C) groups is 2. The smallest absolute Gasteiger partial charge is 0.321 e. The van der Waals surface area contributed by atoms with Gasteiger partial charge in [-0.15, -0.1) is 0 Å². The molecule has 3 atom stereocenters. The van der Waals surface area contributed by atoms with Crippen LogP contribution in [0, 0.1) is 0 Å². The number of amidine groups is 1. The lowest BCUT2D eigenvalue weighted by molar-refractivity contribution is 0.00688. The second kappa shape index (κ2) is 6.73. The summed E-state index contributed by atoms with van der Waals surface area (Å²) in [5.41, 5.74) is 9.76. The first-order valence-corrected chi connectivity index (χ1v) is 10.5. The number of rotatable bonds is 1. The van der Waals surface area contributed by atoms with E-state index in [4.69, 9.17) is 11.5 Å². The van der Waals surface area contributed by atoms with Gasteiger partial charge in [0.15, 0.2) is 6.29 Å². The lowest BCUT2D eigenvalue weighted by atomic mass is 9.94. The highest BCUT2D eigenvalue weighted by Gasteiger charge is 2.51. The van der Waals surface area contributed by atoms with Crippen molar-refractivity contribution in [3.05, 3.63) is 17.0 Å². The number of nitrogens with two attached hydrogens (primary N) is 2. The summed E-state index contributed by atoms with van der Waals surface area (Å²) in [6, 6.07) is -0.0248. The zero-order valence-electron chi connectivity index (χ0n) is 19.0. The van der Waals surface area contributed by atoms with Crippen LogP contribution in [0.5, 0.6) is 0 Å². The number of nitrogens with zero attached hydrogens (tertiary/aromatic N) is 6. The predicted octanol–water partition coefficient (Wildman–Crippen LogP) is 0.844. The van der Waals surface area contributed by atoms with Crippen LogP contribution in [0.15, 0.2) is 9.98 Å². The van der Waals surface area contributed by atoms with Crippen molar-refractivity contribution in [2.75, 3.05) is 20.1 Å². The van der Waals surface area contributed by atoms with Crippen LogP contribution in [0.4, 0.5) is 9.18 Å². The van der Waals surface area contributed by atoms with E-state index in [0.717, 1.165) is 12.8 Å². The van der Waals surface area contributed by atoms with E-state index < -0.39 is 17.5 Å². The minimum atomic E-state index is -2.27. The molecule has 1 aromatic rings. The molecule has 4 rings (SSSR count). The molecular weight excluding hydrogens is 401 g/mol. The van der Waals surface area contributed by atoms with E-state index in [9.17, 15) is 4.79 Å². The number of hydrogen-bond acceptors (Lipinski definition) is 7. The fourth-order valence-electron chi connectivity index (χ4n) is 4.67. The summed E-state index contributed by atoms with van der Waals surface area (Å²) in [6.45, 7) is 11.8. The van der Waals surface area contributed by atoms with Gasteiger partial charge in [-0.25, -0.2) is 14.2 Å². The minimum absolute atomic E-state index is 0.0557. The molecule has 0 bridgehead atoms. The molecule has 0 radical (unpaired) electrons. The Morgan fingerprint density at radius 1 is 1.32 bits per heavy atom. The number of H-pyrrole nitrogens is 1. The van der Waals surface area contributed by atoms with E-state index in [1.807, 2.05) is 18.7 Å². The van der Waals surface area contributed by atoms with Gasteiger partial charge in [0.05, 0.1) is 24.0 Å². The first kappa shape index (κ1) is 21.7. The topological polar surface area (TPSA) is 132 Å². The number of alkyl halides is 1. The number of aromatic amines is 1. The number of carbonyl (C=O) groups is 1. The van der Waals surface area contributed by atoms with Crippen molar-refractivity contribution in [3.8, 4) is 0 Å². The molecule has 1 aromatic heterocycles. The highest BCUT2D eigenvalue weighted by Crippen LogP contribution is 2.43. The Morgan fingerprint density at radius 2 is 2.00 bits per heavy atom. The molecule has 170 valence electrons. The highest BCUT2D eigenvalue weighted by molar-refractivity contribution is 6.06. The van der Waals surface area contributed by atoms with E-state index >= 15 is 4.39 Å². The van der Waals surface area contributed by atoms with Gasteiger partial charge in [-0.1, -0.05) is 0 Å². The maximum absolute atomic E-state index is 15.8. The number of fused-ring (bicyclic) bond motifs is 1. The second-order valence-electron chi connectivity index (χ2n) is 9.94.